The van der Waals surface area contributed by atoms with Gasteiger partial charge in [-0.1, -0.05) is 41.9 Å². The highest BCUT2D eigenvalue weighted by molar-refractivity contribution is 6.31. The monoisotopic (exact) mass is 481 g/mol. The number of ether oxygens (including phenoxy) is 3. The van der Waals surface area contributed by atoms with Gasteiger partial charge in [0.15, 0.2) is 17.6 Å². The van der Waals surface area contributed by atoms with Gasteiger partial charge in [0, 0.05) is 23.4 Å². The van der Waals surface area contributed by atoms with Gasteiger partial charge >= 0.3 is 5.97 Å². The zero-order valence-electron chi connectivity index (χ0n) is 18.8. The van der Waals surface area contributed by atoms with Gasteiger partial charge in [-0.05, 0) is 37.6 Å². The molecule has 2 aromatic carbocycles. The van der Waals surface area contributed by atoms with E-state index in [1.54, 1.807) is 29.0 Å². The third-order valence-corrected chi connectivity index (χ3v) is 5.54. The number of carbonyl (C=O) groups excluding carboxylic acids is 2. The first-order valence-corrected chi connectivity index (χ1v) is 11.1. The number of carbonyl (C=O) groups is 2. The van der Waals surface area contributed by atoms with Crippen LogP contribution in [0.25, 0.3) is 6.08 Å². The number of fused-ring (bicyclic) bond motifs is 1. The van der Waals surface area contributed by atoms with Crippen molar-refractivity contribution in [3.63, 3.8) is 0 Å². The number of amides is 1. The second-order valence-electron chi connectivity index (χ2n) is 7.69. The first-order chi connectivity index (χ1) is 16.4. The van der Waals surface area contributed by atoms with E-state index < -0.39 is 18.0 Å². The molecule has 0 bridgehead atoms. The summed E-state index contributed by atoms with van der Waals surface area (Å²) in [5, 5.41) is 7.57. The van der Waals surface area contributed by atoms with Crippen LogP contribution in [-0.4, -0.2) is 41.0 Å². The topological polar surface area (TPSA) is 91.7 Å². The Balaban J connectivity index is 1.35. The molecule has 1 aromatic heterocycles. The number of halogens is 1. The van der Waals surface area contributed by atoms with E-state index in [2.05, 4.69) is 10.4 Å². The molecule has 176 valence electrons. The number of anilines is 1. The van der Waals surface area contributed by atoms with Crippen LogP contribution in [0.2, 0.25) is 5.15 Å². The summed E-state index contributed by atoms with van der Waals surface area (Å²) >= 11 is 6.47. The molecule has 34 heavy (non-hydrogen) atoms. The average Bonchev–Trinajstić information content (AvgIpc) is 3.10. The number of benzene rings is 2. The predicted octanol–water partition coefficient (Wildman–Crippen LogP) is 4.25. The first-order valence-electron chi connectivity index (χ1n) is 10.8. The van der Waals surface area contributed by atoms with Crippen molar-refractivity contribution in [3.8, 4) is 11.5 Å². The van der Waals surface area contributed by atoms with Gasteiger partial charge in [-0.25, -0.2) is 9.48 Å². The van der Waals surface area contributed by atoms with Gasteiger partial charge in [0.1, 0.15) is 18.4 Å². The zero-order chi connectivity index (χ0) is 24.1. The maximum Gasteiger partial charge on any atom is 0.331 e. The standard InChI is InChI=1S/C25H24ClN3O5/c1-16-20(24(26)29(28-16)15-18-6-4-3-5-7-18)9-11-23(30)34-17(2)25(31)27-19-8-10-21-22(14-19)33-13-12-32-21/h3-11,14,17H,12-13,15H2,1-2H3,(H,27,31)/b11-9+. The van der Waals surface area contributed by atoms with E-state index in [1.807, 2.05) is 37.3 Å². The van der Waals surface area contributed by atoms with Crippen molar-refractivity contribution < 1.29 is 23.8 Å². The minimum absolute atomic E-state index is 0.412. The van der Waals surface area contributed by atoms with Crippen LogP contribution in [0, 0.1) is 6.92 Å². The van der Waals surface area contributed by atoms with Gasteiger partial charge in [-0.15, -0.1) is 0 Å². The maximum atomic E-state index is 12.5. The highest BCUT2D eigenvalue weighted by atomic mass is 35.5. The van der Waals surface area contributed by atoms with Gasteiger partial charge in [-0.2, -0.15) is 5.10 Å². The number of aromatic nitrogens is 2. The molecule has 1 amide bonds. The number of aryl methyl sites for hydroxylation is 1. The number of hydrogen-bond acceptors (Lipinski definition) is 6. The van der Waals surface area contributed by atoms with Gasteiger partial charge in [0.25, 0.3) is 5.91 Å². The lowest BCUT2D eigenvalue weighted by Gasteiger charge is -2.19. The van der Waals surface area contributed by atoms with E-state index >= 15 is 0 Å². The highest BCUT2D eigenvalue weighted by Crippen LogP contribution is 2.32. The van der Waals surface area contributed by atoms with E-state index in [4.69, 9.17) is 25.8 Å². The second kappa shape index (κ2) is 10.4. The molecule has 1 unspecified atom stereocenters. The fourth-order valence-corrected chi connectivity index (χ4v) is 3.70. The van der Waals surface area contributed by atoms with E-state index in [0.717, 1.165) is 5.56 Å². The number of esters is 1. The third-order valence-electron chi connectivity index (χ3n) is 5.14. The molecule has 1 aliphatic rings. The SMILES string of the molecule is Cc1nn(Cc2ccccc2)c(Cl)c1/C=C/C(=O)OC(C)C(=O)Nc1ccc2c(c1)OCCO2. The molecule has 1 atom stereocenters. The quantitative estimate of drug-likeness (QED) is 0.400. The molecule has 9 heteroatoms. The Morgan fingerprint density at radius 3 is 2.68 bits per heavy atom. The Bertz CT molecular complexity index is 1220. The van der Waals surface area contributed by atoms with Crippen molar-refractivity contribution in [2.45, 2.75) is 26.5 Å². The van der Waals surface area contributed by atoms with Crippen LogP contribution in [0.3, 0.4) is 0 Å². The Kier molecular flexibility index (Phi) is 7.18. The van der Waals surface area contributed by atoms with Crippen molar-refractivity contribution >= 4 is 35.2 Å². The Morgan fingerprint density at radius 1 is 1.18 bits per heavy atom. The fourth-order valence-electron chi connectivity index (χ4n) is 3.40. The van der Waals surface area contributed by atoms with Crippen molar-refractivity contribution in [1.29, 1.82) is 0 Å². The summed E-state index contributed by atoms with van der Waals surface area (Å²) in [6, 6.07) is 14.9. The summed E-state index contributed by atoms with van der Waals surface area (Å²) in [6.07, 6.45) is 1.76. The van der Waals surface area contributed by atoms with Crippen LogP contribution in [0.4, 0.5) is 5.69 Å². The molecule has 0 radical (unpaired) electrons. The fraction of sp³-hybridized carbons (Fsp3) is 0.240. The van der Waals surface area contributed by atoms with Gasteiger partial charge < -0.3 is 19.5 Å². The zero-order valence-corrected chi connectivity index (χ0v) is 19.5. The Hall–Kier alpha value is -3.78. The normalized spacial score (nSPS) is 13.5. The van der Waals surface area contributed by atoms with Crippen LogP contribution >= 0.6 is 11.6 Å². The van der Waals surface area contributed by atoms with Gasteiger partial charge in [0.05, 0.1) is 12.2 Å². The lowest BCUT2D eigenvalue weighted by molar-refractivity contribution is -0.148. The molecule has 1 aliphatic heterocycles. The molecule has 8 nitrogen and oxygen atoms in total. The second-order valence-corrected chi connectivity index (χ2v) is 8.05. The maximum absolute atomic E-state index is 12.5. The Morgan fingerprint density at radius 2 is 1.91 bits per heavy atom. The Labute approximate surface area is 202 Å². The molecule has 2 heterocycles. The van der Waals surface area contributed by atoms with Crippen LogP contribution in [0.1, 0.15) is 23.7 Å². The molecule has 3 aromatic rings. The predicted molar refractivity (Wildman–Crippen MR) is 128 cm³/mol. The van der Waals surface area contributed by atoms with Crippen LogP contribution in [0.5, 0.6) is 11.5 Å². The van der Waals surface area contributed by atoms with E-state index in [9.17, 15) is 9.59 Å². The molecule has 0 aliphatic carbocycles. The number of rotatable bonds is 7. The average molecular weight is 482 g/mol. The summed E-state index contributed by atoms with van der Waals surface area (Å²) < 4.78 is 17.9. The van der Waals surface area contributed by atoms with Crippen molar-refractivity contribution in [2.75, 3.05) is 18.5 Å². The molecule has 0 saturated carbocycles. The van der Waals surface area contributed by atoms with Crippen molar-refractivity contribution in [2.24, 2.45) is 0 Å². The minimum atomic E-state index is -1.01. The molecule has 4 rings (SSSR count). The molecular weight excluding hydrogens is 458 g/mol. The largest absolute Gasteiger partial charge is 0.486 e. The molecule has 0 saturated heterocycles. The smallest absolute Gasteiger partial charge is 0.331 e. The van der Waals surface area contributed by atoms with Crippen molar-refractivity contribution in [3.05, 3.63) is 76.6 Å². The molecule has 1 N–H and O–H groups in total. The highest BCUT2D eigenvalue weighted by Gasteiger charge is 2.19. The minimum Gasteiger partial charge on any atom is -0.486 e. The summed E-state index contributed by atoms with van der Waals surface area (Å²) in [6.45, 7) is 4.74. The molecule has 0 spiro atoms. The van der Waals surface area contributed by atoms with Crippen LogP contribution < -0.4 is 14.8 Å². The summed E-state index contributed by atoms with van der Waals surface area (Å²) in [5.74, 6) is 0.0334. The van der Waals surface area contributed by atoms with Crippen LogP contribution in [-0.2, 0) is 20.9 Å². The number of nitrogens with zero attached hydrogens (tertiary/aromatic N) is 2. The summed E-state index contributed by atoms with van der Waals surface area (Å²) in [4.78, 5) is 24.8. The van der Waals surface area contributed by atoms with E-state index in [0.29, 0.717) is 53.4 Å². The molecule has 0 fully saturated rings. The lowest BCUT2D eigenvalue weighted by atomic mass is 10.2. The van der Waals surface area contributed by atoms with Gasteiger partial charge in [-0.3, -0.25) is 4.79 Å². The van der Waals surface area contributed by atoms with Crippen LogP contribution in [0.15, 0.2) is 54.6 Å². The van der Waals surface area contributed by atoms with E-state index in [-0.39, 0.29) is 0 Å². The third kappa shape index (κ3) is 5.58. The molecular formula is C25H24ClN3O5. The number of nitrogens with one attached hydrogen (secondary N) is 1. The summed E-state index contributed by atoms with van der Waals surface area (Å²) in [5.41, 5.74) is 2.86. The first kappa shape index (κ1) is 23.4. The summed E-state index contributed by atoms with van der Waals surface area (Å²) in [7, 11) is 0. The lowest BCUT2D eigenvalue weighted by Crippen LogP contribution is -2.29. The number of hydrogen-bond donors (Lipinski definition) is 1. The van der Waals surface area contributed by atoms with E-state index in [1.165, 1.54) is 13.0 Å². The van der Waals surface area contributed by atoms with Gasteiger partial charge in [0.2, 0.25) is 0 Å². The van der Waals surface area contributed by atoms with Crippen molar-refractivity contribution in [1.82, 2.24) is 9.78 Å².